The maximum Gasteiger partial charge on any atom is 0.244 e. The number of nitrogens with two attached hydrogens (primary N) is 5. The second-order valence-electron chi connectivity index (χ2n) is 18.7. The normalized spacial score (nSPS) is 19.9. The Morgan fingerprint density at radius 3 is 1.75 bits per heavy atom. The third-order valence-electron chi connectivity index (χ3n) is 12.0. The number of aromatic hydroxyl groups is 1. The first kappa shape index (κ1) is 68.7. The first-order chi connectivity index (χ1) is 39.4. The van der Waals surface area contributed by atoms with Crippen LogP contribution >= 0.6 is 21.6 Å². The number of benzene rings is 2. The molecule has 8 atom stereocenters. The van der Waals surface area contributed by atoms with Crippen LogP contribution in [0.4, 0.5) is 0 Å². The summed E-state index contributed by atoms with van der Waals surface area (Å²) in [5, 5.41) is 36.7. The number of phenols is 1. The van der Waals surface area contributed by atoms with Crippen molar-refractivity contribution >= 4 is 104 Å². The van der Waals surface area contributed by atoms with Gasteiger partial charge < -0.3 is 92.3 Å². The minimum absolute atomic E-state index is 0.0598. The van der Waals surface area contributed by atoms with Gasteiger partial charge in [0.15, 0.2) is 0 Å². The SMILES string of the molecule is C[C@H](NC(=O)[C@@H]1CSSC[C@H](NC(=O)CNC(=O)CNC(=O)CN)C(=O)N[C@@H](Cc2ccc(O)cc2)C(=O)N[C@@H](Cc2ccccc2)C(=O)N[C@@H](CCC(N)=O)C(=O)N[C@@H](CC(N)=O)C(=O)N1)C(=O)N[C@@H](CCCCN)C(=O)NCC(N)=O. The summed E-state index contributed by atoms with van der Waals surface area (Å²) in [6.45, 7) is -0.764. The standard InChI is InChI=1S/C50H72N16O15S2/c1-26(43(74)61-30(9-5-6-16-51)44(75)58-21-39(55)70)59-49(80)36-25-83-82-24-35(60-42(73)23-57-41(72)22-56-40(71)20-52)50(81)64-33(18-28-10-12-29(67)13-11-28)47(78)63-32(17-27-7-3-2-4-8-27)46(77)62-31(14-15-37(53)68)45(76)65-34(19-38(54)69)48(79)66-36/h2-4,7-8,10-13,26,30-36,67H,5-6,9,14-25,51-52H2,1H3,(H2,53,68)(H2,54,69)(H2,55,70)(H,56,71)(H,57,72)(H,58,75)(H,59,80)(H,60,73)(H,61,74)(H,62,77)(H,63,78)(H,64,81)(H,65,76)(H,66,79)/t26-,30-,31-,32-,33-,34-,35-,36-/m0/s1. The molecule has 22 N–H and O–H groups in total. The second-order valence-corrected chi connectivity index (χ2v) is 21.3. The van der Waals surface area contributed by atoms with Crippen LogP contribution in [0.25, 0.3) is 0 Å². The highest BCUT2D eigenvalue weighted by Crippen LogP contribution is 2.24. The highest BCUT2D eigenvalue weighted by molar-refractivity contribution is 8.76. The van der Waals surface area contributed by atoms with Gasteiger partial charge >= 0.3 is 0 Å². The summed E-state index contributed by atoms with van der Waals surface area (Å²) in [7, 11) is 1.65. The Kier molecular flexibility index (Phi) is 29.8. The number of hydrogen-bond donors (Lipinski definition) is 17. The van der Waals surface area contributed by atoms with Crippen molar-refractivity contribution < 1.29 is 72.2 Å². The predicted octanol–water partition coefficient (Wildman–Crippen LogP) is -7.47. The van der Waals surface area contributed by atoms with Crippen LogP contribution in [0.15, 0.2) is 54.6 Å². The number of primary amides is 3. The molecule has 1 aliphatic rings. The number of carbonyl (C=O) groups excluding carboxylic acids is 14. The number of phenolic OH excluding ortho intramolecular Hbond substituents is 1. The first-order valence-electron chi connectivity index (χ1n) is 25.9. The van der Waals surface area contributed by atoms with Crippen LogP contribution in [0.5, 0.6) is 5.75 Å². The van der Waals surface area contributed by atoms with Gasteiger partial charge in [0, 0.05) is 30.8 Å². The van der Waals surface area contributed by atoms with E-state index in [1.54, 1.807) is 30.3 Å². The van der Waals surface area contributed by atoms with Crippen molar-refractivity contribution in [2.45, 2.75) is 107 Å². The van der Waals surface area contributed by atoms with Crippen molar-refractivity contribution in [3.05, 3.63) is 65.7 Å². The van der Waals surface area contributed by atoms with Crippen molar-refractivity contribution in [2.24, 2.45) is 28.7 Å². The van der Waals surface area contributed by atoms with Gasteiger partial charge in [-0.15, -0.1) is 0 Å². The topological polar surface area (TPSA) is 522 Å². The van der Waals surface area contributed by atoms with Crippen molar-refractivity contribution in [3.63, 3.8) is 0 Å². The van der Waals surface area contributed by atoms with E-state index < -0.39 is 182 Å². The van der Waals surface area contributed by atoms with Crippen LogP contribution in [0.3, 0.4) is 0 Å². The molecule has 1 heterocycles. The minimum atomic E-state index is -1.89. The van der Waals surface area contributed by atoms with Crippen molar-refractivity contribution in [2.75, 3.05) is 44.2 Å². The Morgan fingerprint density at radius 1 is 0.590 bits per heavy atom. The molecule has 454 valence electrons. The fourth-order valence-electron chi connectivity index (χ4n) is 7.53. The van der Waals surface area contributed by atoms with Gasteiger partial charge in [-0.1, -0.05) is 64.1 Å². The van der Waals surface area contributed by atoms with Gasteiger partial charge in [0.1, 0.15) is 54.1 Å². The number of hydrogen-bond acceptors (Lipinski definition) is 19. The average Bonchev–Trinajstić information content (AvgIpc) is 3.45. The summed E-state index contributed by atoms with van der Waals surface area (Å²) >= 11 is 0. The molecule has 2 aromatic rings. The van der Waals surface area contributed by atoms with Gasteiger partial charge in [-0.2, -0.15) is 0 Å². The summed E-state index contributed by atoms with van der Waals surface area (Å²) in [4.78, 5) is 186. The Labute approximate surface area is 484 Å². The van der Waals surface area contributed by atoms with E-state index in [1.807, 2.05) is 0 Å². The summed E-state index contributed by atoms with van der Waals surface area (Å²) in [5.74, 6) is -14.4. The molecule has 0 aromatic heterocycles. The summed E-state index contributed by atoms with van der Waals surface area (Å²) in [6.07, 6.45) is -1.57. The molecule has 1 saturated heterocycles. The molecule has 0 radical (unpaired) electrons. The quantitative estimate of drug-likeness (QED) is 0.0307. The average molecular weight is 1200 g/mol. The maximum atomic E-state index is 14.6. The number of carbonyl (C=O) groups is 14. The molecule has 83 heavy (non-hydrogen) atoms. The summed E-state index contributed by atoms with van der Waals surface area (Å²) in [5.41, 5.74) is 27.9. The molecule has 0 bridgehead atoms. The third kappa shape index (κ3) is 26.3. The summed E-state index contributed by atoms with van der Waals surface area (Å²) in [6, 6.07) is 1.07. The highest BCUT2D eigenvalue weighted by Gasteiger charge is 2.36. The summed E-state index contributed by atoms with van der Waals surface area (Å²) < 4.78 is 0. The van der Waals surface area contributed by atoms with Gasteiger partial charge in [0.25, 0.3) is 0 Å². The lowest BCUT2D eigenvalue weighted by atomic mass is 10.0. The minimum Gasteiger partial charge on any atom is -0.508 e. The van der Waals surface area contributed by atoms with Gasteiger partial charge in [0.2, 0.25) is 82.7 Å². The Hall–Kier alpha value is -8.56. The molecule has 0 unspecified atom stereocenters. The largest absolute Gasteiger partial charge is 0.508 e. The Morgan fingerprint density at radius 2 is 1.14 bits per heavy atom. The van der Waals surface area contributed by atoms with Crippen LogP contribution in [0, 0.1) is 0 Å². The van der Waals surface area contributed by atoms with E-state index in [2.05, 4.69) is 58.5 Å². The molecule has 31 nitrogen and oxygen atoms in total. The lowest BCUT2D eigenvalue weighted by molar-refractivity contribution is -0.136. The zero-order valence-electron chi connectivity index (χ0n) is 45.3. The maximum absolute atomic E-state index is 14.6. The molecular weight excluding hydrogens is 1130 g/mol. The second kappa shape index (κ2) is 36.0. The smallest absolute Gasteiger partial charge is 0.244 e. The lowest BCUT2D eigenvalue weighted by Crippen LogP contribution is -2.61. The van der Waals surface area contributed by atoms with Crippen molar-refractivity contribution in [1.29, 1.82) is 0 Å². The fourth-order valence-corrected chi connectivity index (χ4v) is 9.86. The third-order valence-corrected chi connectivity index (χ3v) is 14.4. The molecule has 33 heteroatoms. The zero-order chi connectivity index (χ0) is 61.6. The number of amides is 14. The lowest BCUT2D eigenvalue weighted by Gasteiger charge is -2.28. The number of nitrogens with one attached hydrogen (secondary N) is 11. The van der Waals surface area contributed by atoms with Crippen LogP contribution in [0.1, 0.15) is 56.6 Å². The monoisotopic (exact) mass is 1200 g/mol. The highest BCUT2D eigenvalue weighted by atomic mass is 33.1. The first-order valence-corrected chi connectivity index (χ1v) is 28.4. The van der Waals surface area contributed by atoms with E-state index in [-0.39, 0.29) is 37.3 Å². The molecule has 3 rings (SSSR count). The van der Waals surface area contributed by atoms with Gasteiger partial charge in [0.05, 0.1) is 32.6 Å². The molecule has 1 aliphatic heterocycles. The zero-order valence-corrected chi connectivity index (χ0v) is 46.9. The van der Waals surface area contributed by atoms with E-state index in [4.69, 9.17) is 28.7 Å². The molecular formula is C50H72N16O15S2. The van der Waals surface area contributed by atoms with E-state index in [0.717, 1.165) is 21.6 Å². The van der Waals surface area contributed by atoms with Crippen LogP contribution in [-0.4, -0.2) is 180 Å². The Bertz CT molecular complexity index is 2640. The van der Waals surface area contributed by atoms with Crippen LogP contribution in [0.2, 0.25) is 0 Å². The fraction of sp³-hybridized carbons (Fsp3) is 0.480. The van der Waals surface area contributed by atoms with Gasteiger partial charge in [-0.25, -0.2) is 0 Å². The van der Waals surface area contributed by atoms with E-state index in [1.165, 1.54) is 31.2 Å². The van der Waals surface area contributed by atoms with Gasteiger partial charge in [-0.05, 0) is 62.4 Å². The van der Waals surface area contributed by atoms with Crippen LogP contribution in [-0.2, 0) is 80.0 Å². The predicted molar refractivity (Wildman–Crippen MR) is 300 cm³/mol. The van der Waals surface area contributed by atoms with E-state index in [9.17, 15) is 72.2 Å². The molecule has 0 aliphatic carbocycles. The molecule has 14 amide bonds. The van der Waals surface area contributed by atoms with Crippen LogP contribution < -0.4 is 87.2 Å². The van der Waals surface area contributed by atoms with Crippen molar-refractivity contribution in [3.8, 4) is 5.75 Å². The molecule has 0 saturated carbocycles. The Balaban J connectivity index is 2.16. The molecule has 1 fully saturated rings. The number of rotatable bonds is 26. The van der Waals surface area contributed by atoms with Gasteiger partial charge in [-0.3, -0.25) is 67.1 Å². The van der Waals surface area contributed by atoms with E-state index >= 15 is 0 Å². The van der Waals surface area contributed by atoms with E-state index in [0.29, 0.717) is 24.0 Å². The number of unbranched alkanes of at least 4 members (excludes halogenated alkanes) is 1. The molecule has 0 spiro atoms. The van der Waals surface area contributed by atoms with Crippen molar-refractivity contribution in [1.82, 2.24) is 58.5 Å². The molecule has 2 aromatic carbocycles.